The van der Waals surface area contributed by atoms with Crippen molar-refractivity contribution in [3.63, 3.8) is 0 Å². The molecule has 4 nitrogen and oxygen atoms in total. The normalized spacial score (nSPS) is 15.3. The first-order valence-electron chi connectivity index (χ1n) is 9.58. The lowest BCUT2D eigenvalue weighted by atomic mass is 10.2. The van der Waals surface area contributed by atoms with Gasteiger partial charge in [-0.05, 0) is 26.0 Å². The Kier molecular flexibility index (Phi) is 13.5. The molecule has 2 rings (SSSR count). The summed E-state index contributed by atoms with van der Waals surface area (Å²) in [6.07, 6.45) is 9.13. The fourth-order valence-electron chi connectivity index (χ4n) is 2.54. The maximum absolute atomic E-state index is 5.10. The van der Waals surface area contributed by atoms with Gasteiger partial charge in [0.25, 0.3) is 0 Å². The van der Waals surface area contributed by atoms with E-state index in [1.54, 1.807) is 0 Å². The van der Waals surface area contributed by atoms with E-state index in [4.69, 9.17) is 4.52 Å². The molecule has 1 aromatic heterocycles. The summed E-state index contributed by atoms with van der Waals surface area (Å²) in [5.74, 6) is 0.888. The van der Waals surface area contributed by atoms with E-state index in [0.717, 1.165) is 50.6 Å². The molecular formula is C21H37N3O. The number of aryl methyl sites for hydroxylation is 1. The molecule has 0 radical (unpaired) electrons. The van der Waals surface area contributed by atoms with Crippen LogP contribution in [0.5, 0.6) is 0 Å². The average molecular weight is 348 g/mol. The van der Waals surface area contributed by atoms with Gasteiger partial charge in [0.05, 0.1) is 5.69 Å². The van der Waals surface area contributed by atoms with E-state index in [2.05, 4.69) is 33.7 Å². The van der Waals surface area contributed by atoms with E-state index in [1.807, 2.05) is 59.8 Å². The second-order valence-corrected chi connectivity index (χ2v) is 5.33. The van der Waals surface area contributed by atoms with E-state index in [1.165, 1.54) is 5.70 Å². The van der Waals surface area contributed by atoms with Crippen molar-refractivity contribution in [1.29, 1.82) is 0 Å². The maximum Gasteiger partial charge on any atom is 0.133 e. The van der Waals surface area contributed by atoms with Gasteiger partial charge in [0, 0.05) is 50.9 Å². The molecule has 142 valence electrons. The van der Waals surface area contributed by atoms with E-state index in [0.29, 0.717) is 0 Å². The van der Waals surface area contributed by atoms with Crippen molar-refractivity contribution >= 4 is 0 Å². The predicted molar refractivity (Wildman–Crippen MR) is 109 cm³/mol. The minimum atomic E-state index is 0.888. The Morgan fingerprint density at radius 2 is 1.84 bits per heavy atom. The molecule has 0 bridgehead atoms. The van der Waals surface area contributed by atoms with Crippen molar-refractivity contribution < 1.29 is 4.52 Å². The van der Waals surface area contributed by atoms with Crippen molar-refractivity contribution in [2.45, 2.75) is 48.0 Å². The molecular weight excluding hydrogens is 310 g/mol. The van der Waals surface area contributed by atoms with Gasteiger partial charge >= 0.3 is 0 Å². The van der Waals surface area contributed by atoms with Gasteiger partial charge in [-0.15, -0.1) is 0 Å². The highest BCUT2D eigenvalue weighted by molar-refractivity contribution is 5.21. The van der Waals surface area contributed by atoms with Crippen LogP contribution in [-0.2, 0) is 6.42 Å². The minimum absolute atomic E-state index is 0.888. The summed E-state index contributed by atoms with van der Waals surface area (Å²) in [7, 11) is 0. The van der Waals surface area contributed by atoms with E-state index < -0.39 is 0 Å². The minimum Gasteiger partial charge on any atom is -0.369 e. The van der Waals surface area contributed by atoms with E-state index >= 15 is 0 Å². The largest absolute Gasteiger partial charge is 0.369 e. The van der Waals surface area contributed by atoms with Gasteiger partial charge in [0.2, 0.25) is 0 Å². The molecule has 25 heavy (non-hydrogen) atoms. The third-order valence-electron chi connectivity index (χ3n) is 3.77. The van der Waals surface area contributed by atoms with Gasteiger partial charge in [0.15, 0.2) is 0 Å². The van der Waals surface area contributed by atoms with E-state index in [9.17, 15) is 0 Å². The first-order chi connectivity index (χ1) is 12.2. The first kappa shape index (κ1) is 23.2. The Balaban J connectivity index is 0.00000134. The lowest BCUT2D eigenvalue weighted by Crippen LogP contribution is -2.46. The van der Waals surface area contributed by atoms with Crippen molar-refractivity contribution in [3.8, 4) is 0 Å². The molecule has 1 aromatic rings. The van der Waals surface area contributed by atoms with Crippen LogP contribution in [0.4, 0.5) is 0 Å². The monoisotopic (exact) mass is 347 g/mol. The SMILES string of the molecule is C=C/C(=C\C=C/C)N1CCN(CCc2cc(C)on2)CC1.CC.CC. The Morgan fingerprint density at radius 3 is 2.32 bits per heavy atom. The number of hydrogen-bond donors (Lipinski definition) is 0. The van der Waals surface area contributed by atoms with Crippen molar-refractivity contribution in [2.24, 2.45) is 0 Å². The van der Waals surface area contributed by atoms with E-state index in [-0.39, 0.29) is 0 Å². The Bertz CT molecular complexity index is 509. The fourth-order valence-corrected chi connectivity index (χ4v) is 2.54. The summed E-state index contributed by atoms with van der Waals surface area (Å²) in [5, 5.41) is 4.05. The third-order valence-corrected chi connectivity index (χ3v) is 3.77. The first-order valence-corrected chi connectivity index (χ1v) is 9.58. The van der Waals surface area contributed by atoms with Crippen LogP contribution >= 0.6 is 0 Å². The molecule has 0 N–H and O–H groups in total. The van der Waals surface area contributed by atoms with Gasteiger partial charge in [-0.2, -0.15) is 0 Å². The molecule has 0 atom stereocenters. The number of hydrogen-bond acceptors (Lipinski definition) is 4. The standard InChI is InChI=1S/C17H25N3O.2C2H6/c1-4-6-7-17(5-2)20-12-10-19(11-13-20)9-8-16-14-15(3)21-18-16;2*1-2/h4-7,14H,2,8-13H2,1,3H3;2*1-2H3/b6-4-,17-7+;;. The molecule has 1 aliphatic rings. The second-order valence-electron chi connectivity index (χ2n) is 5.33. The molecule has 0 aromatic carbocycles. The van der Waals surface area contributed by atoms with Gasteiger partial charge in [-0.1, -0.05) is 51.6 Å². The van der Waals surface area contributed by atoms with Crippen LogP contribution in [-0.4, -0.2) is 47.7 Å². The summed E-state index contributed by atoms with van der Waals surface area (Å²) in [5.41, 5.74) is 2.26. The summed E-state index contributed by atoms with van der Waals surface area (Å²) in [4.78, 5) is 4.88. The third kappa shape index (κ3) is 8.73. The zero-order chi connectivity index (χ0) is 19.1. The molecule has 1 fully saturated rings. The molecule has 0 spiro atoms. The van der Waals surface area contributed by atoms with Crippen LogP contribution in [0.1, 0.15) is 46.1 Å². The predicted octanol–water partition coefficient (Wildman–Crippen LogP) is 4.84. The van der Waals surface area contributed by atoms with Crippen molar-refractivity contribution in [2.75, 3.05) is 32.7 Å². The lowest BCUT2D eigenvalue weighted by Gasteiger charge is -2.36. The van der Waals surface area contributed by atoms with Crippen molar-refractivity contribution in [1.82, 2.24) is 15.0 Å². The van der Waals surface area contributed by atoms with Gasteiger partial charge in [0.1, 0.15) is 5.76 Å². The number of aromatic nitrogens is 1. The summed E-state index contributed by atoms with van der Waals surface area (Å²) >= 11 is 0. The smallest absolute Gasteiger partial charge is 0.133 e. The molecule has 0 unspecified atom stereocenters. The molecule has 1 aliphatic heterocycles. The lowest BCUT2D eigenvalue weighted by molar-refractivity contribution is 0.163. The highest BCUT2D eigenvalue weighted by Gasteiger charge is 2.17. The summed E-state index contributed by atoms with van der Waals surface area (Å²) < 4.78 is 5.10. The number of piperazine rings is 1. The van der Waals surface area contributed by atoms with Crippen LogP contribution in [0.2, 0.25) is 0 Å². The maximum atomic E-state index is 5.10. The molecule has 0 saturated carbocycles. The molecule has 4 heteroatoms. The quantitative estimate of drug-likeness (QED) is 0.689. The number of nitrogens with zero attached hydrogens (tertiary/aromatic N) is 3. The molecule has 1 saturated heterocycles. The van der Waals surface area contributed by atoms with Crippen LogP contribution < -0.4 is 0 Å². The fraction of sp³-hybridized carbons (Fsp3) is 0.571. The molecule has 2 heterocycles. The summed E-state index contributed by atoms with van der Waals surface area (Å²) in [6, 6.07) is 2.02. The molecule has 0 aliphatic carbocycles. The van der Waals surface area contributed by atoms with Crippen LogP contribution in [0.25, 0.3) is 0 Å². The second kappa shape index (κ2) is 14.5. The highest BCUT2D eigenvalue weighted by Crippen LogP contribution is 2.12. The topological polar surface area (TPSA) is 32.5 Å². The van der Waals surface area contributed by atoms with Crippen LogP contribution in [0, 0.1) is 6.92 Å². The van der Waals surface area contributed by atoms with Gasteiger partial charge < -0.3 is 9.42 Å². The van der Waals surface area contributed by atoms with Gasteiger partial charge in [-0.25, -0.2) is 0 Å². The molecule has 0 amide bonds. The Morgan fingerprint density at radius 1 is 1.20 bits per heavy atom. The van der Waals surface area contributed by atoms with Crippen LogP contribution in [0.3, 0.4) is 0 Å². The van der Waals surface area contributed by atoms with Gasteiger partial charge in [-0.3, -0.25) is 4.90 Å². The Hall–Kier alpha value is -1.81. The summed E-state index contributed by atoms with van der Waals surface area (Å²) in [6.45, 7) is 21.2. The van der Waals surface area contributed by atoms with Crippen LogP contribution in [0.15, 0.2) is 47.2 Å². The Labute approximate surface area is 154 Å². The average Bonchev–Trinajstić information content (AvgIpc) is 3.10. The van der Waals surface area contributed by atoms with Crippen molar-refractivity contribution in [3.05, 3.63) is 54.1 Å². The number of allylic oxidation sites excluding steroid dienone is 4. The highest BCUT2D eigenvalue weighted by atomic mass is 16.5. The zero-order valence-corrected chi connectivity index (χ0v) is 17.1. The number of rotatable bonds is 6. The zero-order valence-electron chi connectivity index (χ0n) is 17.1.